The quantitative estimate of drug-likeness (QED) is 0.862. The maximum Gasteiger partial charge on any atom is 0.224 e. The Kier molecular flexibility index (Phi) is 6.34. The first-order valence-electron chi connectivity index (χ1n) is 7.95. The summed E-state index contributed by atoms with van der Waals surface area (Å²) >= 11 is 0. The number of hydrogen-bond donors (Lipinski definition) is 1. The molecule has 0 radical (unpaired) electrons. The number of amides is 1. The standard InChI is InChI=1S/C17H26FN3O/c1-14(13-21-8-6-20(2)7-9-21)12-19-17(22)11-15-4-3-5-16(18)10-15/h3-5,10,14H,6-9,11-13H2,1-2H3,(H,19,22)/t14-/m1/s1. The van der Waals surface area contributed by atoms with Crippen LogP contribution in [0.2, 0.25) is 0 Å². The molecule has 122 valence electrons. The Balaban J connectivity index is 1.67. The van der Waals surface area contributed by atoms with E-state index in [-0.39, 0.29) is 18.1 Å². The third kappa shape index (κ3) is 5.73. The molecule has 1 aromatic carbocycles. The number of nitrogens with one attached hydrogen (secondary N) is 1. The van der Waals surface area contributed by atoms with Gasteiger partial charge in [0.25, 0.3) is 0 Å². The van der Waals surface area contributed by atoms with Gasteiger partial charge in [-0.3, -0.25) is 4.79 Å². The maximum atomic E-state index is 13.1. The van der Waals surface area contributed by atoms with Gasteiger partial charge in [0.1, 0.15) is 5.82 Å². The summed E-state index contributed by atoms with van der Waals surface area (Å²) in [5, 5.41) is 2.95. The smallest absolute Gasteiger partial charge is 0.224 e. The van der Waals surface area contributed by atoms with Crippen LogP contribution in [0.3, 0.4) is 0 Å². The highest BCUT2D eigenvalue weighted by Gasteiger charge is 2.16. The molecule has 1 atom stereocenters. The zero-order valence-electron chi connectivity index (χ0n) is 13.5. The van der Waals surface area contributed by atoms with Crippen LogP contribution in [-0.2, 0) is 11.2 Å². The van der Waals surface area contributed by atoms with Crippen molar-refractivity contribution >= 4 is 5.91 Å². The van der Waals surface area contributed by atoms with Crippen LogP contribution < -0.4 is 5.32 Å². The van der Waals surface area contributed by atoms with Gasteiger partial charge in [-0.15, -0.1) is 0 Å². The molecule has 1 amide bonds. The Bertz CT molecular complexity index is 487. The van der Waals surface area contributed by atoms with Gasteiger partial charge in [-0.05, 0) is 30.7 Å². The van der Waals surface area contributed by atoms with Crippen molar-refractivity contribution in [2.45, 2.75) is 13.3 Å². The van der Waals surface area contributed by atoms with Crippen molar-refractivity contribution in [2.75, 3.05) is 46.3 Å². The maximum absolute atomic E-state index is 13.1. The van der Waals surface area contributed by atoms with Crippen molar-refractivity contribution in [3.8, 4) is 0 Å². The monoisotopic (exact) mass is 307 g/mol. The van der Waals surface area contributed by atoms with Gasteiger partial charge in [-0.25, -0.2) is 4.39 Å². The number of likely N-dealkylation sites (N-methyl/N-ethyl adjacent to an activating group) is 1. The Labute approximate surface area is 132 Å². The topological polar surface area (TPSA) is 35.6 Å². The normalized spacial score (nSPS) is 18.1. The molecule has 0 bridgehead atoms. The first kappa shape index (κ1) is 16.9. The van der Waals surface area contributed by atoms with Crippen molar-refractivity contribution in [1.29, 1.82) is 0 Å². The fraction of sp³-hybridized carbons (Fsp3) is 0.588. The number of carbonyl (C=O) groups is 1. The van der Waals surface area contributed by atoms with Gasteiger partial charge in [0.05, 0.1) is 6.42 Å². The van der Waals surface area contributed by atoms with E-state index < -0.39 is 0 Å². The number of piperazine rings is 1. The van der Waals surface area contributed by atoms with Crippen LogP contribution in [0, 0.1) is 11.7 Å². The Morgan fingerprint density at radius 3 is 2.73 bits per heavy atom. The molecular weight excluding hydrogens is 281 g/mol. The first-order chi connectivity index (χ1) is 10.5. The second kappa shape index (κ2) is 8.25. The summed E-state index contributed by atoms with van der Waals surface area (Å²) in [4.78, 5) is 16.7. The van der Waals surface area contributed by atoms with E-state index in [2.05, 4.69) is 29.1 Å². The number of halogens is 1. The lowest BCUT2D eigenvalue weighted by molar-refractivity contribution is -0.120. The molecule has 0 spiro atoms. The second-order valence-electron chi connectivity index (χ2n) is 6.32. The lowest BCUT2D eigenvalue weighted by Crippen LogP contribution is -2.47. The molecule has 22 heavy (non-hydrogen) atoms. The molecule has 0 aliphatic carbocycles. The molecule has 5 heteroatoms. The lowest BCUT2D eigenvalue weighted by atomic mass is 10.1. The van der Waals surface area contributed by atoms with E-state index in [1.807, 2.05) is 0 Å². The molecule has 1 fully saturated rings. The second-order valence-corrected chi connectivity index (χ2v) is 6.32. The zero-order valence-corrected chi connectivity index (χ0v) is 13.5. The molecule has 4 nitrogen and oxygen atoms in total. The molecule has 1 aliphatic heterocycles. The minimum absolute atomic E-state index is 0.0455. The van der Waals surface area contributed by atoms with Crippen molar-refractivity contribution in [3.05, 3.63) is 35.6 Å². The molecule has 1 aliphatic rings. The van der Waals surface area contributed by atoms with Crippen molar-refractivity contribution < 1.29 is 9.18 Å². The average molecular weight is 307 g/mol. The van der Waals surface area contributed by atoms with Gasteiger partial charge in [0, 0.05) is 39.3 Å². The van der Waals surface area contributed by atoms with E-state index in [1.165, 1.54) is 12.1 Å². The highest BCUT2D eigenvalue weighted by atomic mass is 19.1. The van der Waals surface area contributed by atoms with Gasteiger partial charge in [-0.1, -0.05) is 19.1 Å². The van der Waals surface area contributed by atoms with Crippen LogP contribution in [-0.4, -0.2) is 62.0 Å². The molecule has 1 saturated heterocycles. The summed E-state index contributed by atoms with van der Waals surface area (Å²) in [7, 11) is 2.15. The van der Waals surface area contributed by atoms with Crippen molar-refractivity contribution in [2.24, 2.45) is 5.92 Å². The Morgan fingerprint density at radius 2 is 2.05 bits per heavy atom. The predicted octanol–water partition coefficient (Wildman–Crippen LogP) is 1.37. The van der Waals surface area contributed by atoms with E-state index in [0.717, 1.165) is 32.7 Å². The molecular formula is C17H26FN3O. The van der Waals surface area contributed by atoms with E-state index in [0.29, 0.717) is 18.0 Å². The number of rotatable bonds is 6. The largest absolute Gasteiger partial charge is 0.355 e. The van der Waals surface area contributed by atoms with E-state index in [9.17, 15) is 9.18 Å². The lowest BCUT2D eigenvalue weighted by Gasteiger charge is -2.33. The Morgan fingerprint density at radius 1 is 1.32 bits per heavy atom. The zero-order chi connectivity index (χ0) is 15.9. The summed E-state index contributed by atoms with van der Waals surface area (Å²) in [6, 6.07) is 6.21. The molecule has 2 rings (SSSR count). The van der Waals surface area contributed by atoms with Crippen LogP contribution in [0.4, 0.5) is 4.39 Å². The summed E-state index contributed by atoms with van der Waals surface area (Å²) in [5.74, 6) is 0.0735. The molecule has 0 unspecified atom stereocenters. The highest BCUT2D eigenvalue weighted by molar-refractivity contribution is 5.78. The van der Waals surface area contributed by atoms with Gasteiger partial charge in [-0.2, -0.15) is 0 Å². The summed E-state index contributed by atoms with van der Waals surface area (Å²) in [6.07, 6.45) is 0.235. The van der Waals surface area contributed by atoms with Gasteiger partial charge < -0.3 is 15.1 Å². The van der Waals surface area contributed by atoms with Crippen LogP contribution in [0.15, 0.2) is 24.3 Å². The predicted molar refractivity (Wildman–Crippen MR) is 86.2 cm³/mol. The van der Waals surface area contributed by atoms with Crippen LogP contribution in [0.1, 0.15) is 12.5 Å². The van der Waals surface area contributed by atoms with Gasteiger partial charge in [0.15, 0.2) is 0 Å². The fourth-order valence-corrected chi connectivity index (χ4v) is 2.72. The van der Waals surface area contributed by atoms with E-state index in [1.54, 1.807) is 12.1 Å². The summed E-state index contributed by atoms with van der Waals surface area (Å²) < 4.78 is 13.1. The van der Waals surface area contributed by atoms with Crippen molar-refractivity contribution in [1.82, 2.24) is 15.1 Å². The van der Waals surface area contributed by atoms with Gasteiger partial charge in [0.2, 0.25) is 5.91 Å². The fourth-order valence-electron chi connectivity index (χ4n) is 2.72. The third-order valence-corrected chi connectivity index (χ3v) is 4.07. The van der Waals surface area contributed by atoms with Crippen LogP contribution in [0.25, 0.3) is 0 Å². The molecule has 1 N–H and O–H groups in total. The SMILES string of the molecule is C[C@H](CNC(=O)Cc1cccc(F)c1)CN1CCN(C)CC1. The average Bonchev–Trinajstić information content (AvgIpc) is 2.48. The third-order valence-electron chi connectivity index (χ3n) is 4.07. The van der Waals surface area contributed by atoms with Crippen LogP contribution in [0.5, 0.6) is 0 Å². The molecule has 1 aromatic rings. The van der Waals surface area contributed by atoms with Crippen molar-refractivity contribution in [3.63, 3.8) is 0 Å². The molecule has 1 heterocycles. The highest BCUT2D eigenvalue weighted by Crippen LogP contribution is 2.06. The molecule has 0 aromatic heterocycles. The summed E-state index contributed by atoms with van der Waals surface area (Å²) in [5.41, 5.74) is 0.712. The van der Waals surface area contributed by atoms with E-state index >= 15 is 0 Å². The number of hydrogen-bond acceptors (Lipinski definition) is 3. The molecule has 0 saturated carbocycles. The number of benzene rings is 1. The van der Waals surface area contributed by atoms with Gasteiger partial charge >= 0.3 is 0 Å². The summed E-state index contributed by atoms with van der Waals surface area (Å²) in [6.45, 7) is 8.24. The first-order valence-corrected chi connectivity index (χ1v) is 7.95. The minimum atomic E-state index is -0.297. The Hall–Kier alpha value is -1.46. The minimum Gasteiger partial charge on any atom is -0.355 e. The van der Waals surface area contributed by atoms with Crippen LogP contribution >= 0.6 is 0 Å². The van der Waals surface area contributed by atoms with E-state index in [4.69, 9.17) is 0 Å². The number of carbonyl (C=O) groups excluding carboxylic acids is 1. The number of nitrogens with zero attached hydrogens (tertiary/aromatic N) is 2.